The third-order valence-electron chi connectivity index (χ3n) is 1.12. The first-order valence-electron chi connectivity index (χ1n) is 2.59. The molecule has 0 radical (unpaired) electrons. The minimum Gasteiger partial charge on any atom is -0.504 e. The Morgan fingerprint density at radius 2 is 1.90 bits per heavy atom. The summed E-state index contributed by atoms with van der Waals surface area (Å²) in [4.78, 5) is 0. The quantitative estimate of drug-likeness (QED) is 0.286. The van der Waals surface area contributed by atoms with Crippen LogP contribution >= 0.6 is 0 Å². The van der Waals surface area contributed by atoms with Gasteiger partial charge in [-0.05, 0) is 12.1 Å². The van der Waals surface area contributed by atoms with Crippen LogP contribution in [0.25, 0.3) is 0 Å². The average molecular weight is 143 g/mol. The smallest absolute Gasteiger partial charge is 0.196 e. The molecule has 4 N–H and O–H groups in total. The Hall–Kier alpha value is -1.45. The van der Waals surface area contributed by atoms with Crippen LogP contribution in [0.15, 0.2) is 12.1 Å². The van der Waals surface area contributed by atoms with E-state index in [1.54, 1.807) is 0 Å². The summed E-state index contributed by atoms with van der Waals surface area (Å²) in [7, 11) is 0. The van der Waals surface area contributed by atoms with Crippen LogP contribution in [-0.4, -0.2) is 10.2 Å². The molecule has 0 unspecified atom stereocenters. The van der Waals surface area contributed by atoms with E-state index in [1.165, 1.54) is 6.07 Å². The Morgan fingerprint density at radius 1 is 1.30 bits per heavy atom. The Kier molecular flexibility index (Phi) is 1.37. The van der Waals surface area contributed by atoms with Gasteiger partial charge in [0, 0.05) is 0 Å². The van der Waals surface area contributed by atoms with Gasteiger partial charge in [-0.3, -0.25) is 0 Å². The van der Waals surface area contributed by atoms with E-state index in [2.05, 4.69) is 0 Å². The summed E-state index contributed by atoms with van der Waals surface area (Å²) in [6.45, 7) is 0. The van der Waals surface area contributed by atoms with Gasteiger partial charge in [0.15, 0.2) is 17.3 Å². The van der Waals surface area contributed by atoms with Crippen molar-refractivity contribution < 1.29 is 14.6 Å². The minimum atomic E-state index is -0.986. The molecule has 0 saturated carbocycles. The zero-order chi connectivity index (χ0) is 7.72. The zero-order valence-corrected chi connectivity index (χ0v) is 5.00. The Labute approximate surface area is 56.5 Å². The van der Waals surface area contributed by atoms with Gasteiger partial charge in [-0.1, -0.05) is 0 Å². The van der Waals surface area contributed by atoms with E-state index in [0.717, 1.165) is 6.07 Å². The maximum absolute atomic E-state index is 12.5. The fraction of sp³-hybridized carbons (Fsp3) is 0. The van der Waals surface area contributed by atoms with Gasteiger partial charge in [-0.25, -0.2) is 4.39 Å². The third kappa shape index (κ3) is 0.834. The number of hydrogen-bond donors (Lipinski definition) is 3. The molecule has 0 fully saturated rings. The summed E-state index contributed by atoms with van der Waals surface area (Å²) in [5.74, 6) is -2.30. The molecular formula is C6H6FNO2. The number of halogens is 1. The number of nitrogen functional groups attached to an aromatic ring is 1. The van der Waals surface area contributed by atoms with Crippen LogP contribution in [-0.2, 0) is 0 Å². The standard InChI is InChI=1S/C6H6FNO2/c7-5-3(8)1-2-4(9)6(5)10/h1-2,9-10H,8H2. The molecule has 3 nitrogen and oxygen atoms in total. The summed E-state index contributed by atoms with van der Waals surface area (Å²) in [6, 6.07) is 2.29. The molecule has 0 atom stereocenters. The minimum absolute atomic E-state index is 0.185. The number of phenols is 2. The van der Waals surface area contributed by atoms with Gasteiger partial charge >= 0.3 is 0 Å². The number of hydrogen-bond acceptors (Lipinski definition) is 3. The highest BCUT2D eigenvalue weighted by Gasteiger charge is 2.07. The normalized spacial score (nSPS) is 9.70. The lowest BCUT2D eigenvalue weighted by atomic mass is 10.3. The molecular weight excluding hydrogens is 137 g/mol. The number of anilines is 1. The number of benzene rings is 1. The topological polar surface area (TPSA) is 66.5 Å². The van der Waals surface area contributed by atoms with Gasteiger partial charge < -0.3 is 15.9 Å². The van der Waals surface area contributed by atoms with Crippen LogP contribution in [0.2, 0.25) is 0 Å². The number of aromatic hydroxyl groups is 2. The molecule has 54 valence electrons. The van der Waals surface area contributed by atoms with Crippen molar-refractivity contribution in [2.75, 3.05) is 5.73 Å². The van der Waals surface area contributed by atoms with Crippen LogP contribution < -0.4 is 5.73 Å². The van der Waals surface area contributed by atoms with Gasteiger partial charge in [-0.2, -0.15) is 0 Å². The van der Waals surface area contributed by atoms with E-state index in [4.69, 9.17) is 15.9 Å². The second-order valence-electron chi connectivity index (χ2n) is 1.84. The summed E-state index contributed by atoms with van der Waals surface area (Å²) >= 11 is 0. The van der Waals surface area contributed by atoms with E-state index in [9.17, 15) is 4.39 Å². The number of phenolic OH excluding ortho intramolecular Hbond substituents is 2. The first kappa shape index (κ1) is 6.67. The predicted octanol–water partition coefficient (Wildman–Crippen LogP) is 0.819. The lowest BCUT2D eigenvalue weighted by Crippen LogP contribution is -1.89. The molecule has 0 saturated heterocycles. The second kappa shape index (κ2) is 2.06. The van der Waals surface area contributed by atoms with Gasteiger partial charge in [0.25, 0.3) is 0 Å². The highest BCUT2D eigenvalue weighted by atomic mass is 19.1. The molecule has 4 heteroatoms. The molecule has 1 rings (SSSR count). The Balaban J connectivity index is 3.34. The van der Waals surface area contributed by atoms with Gasteiger partial charge in [0.05, 0.1) is 5.69 Å². The molecule has 10 heavy (non-hydrogen) atoms. The average Bonchev–Trinajstić information content (AvgIpc) is 1.93. The first-order chi connectivity index (χ1) is 4.63. The predicted molar refractivity (Wildman–Crippen MR) is 34.1 cm³/mol. The highest BCUT2D eigenvalue weighted by Crippen LogP contribution is 2.30. The summed E-state index contributed by atoms with van der Waals surface area (Å²) < 4.78 is 12.5. The molecule has 1 aromatic carbocycles. The molecule has 0 amide bonds. The van der Waals surface area contributed by atoms with Gasteiger partial charge in [-0.15, -0.1) is 0 Å². The largest absolute Gasteiger partial charge is 0.504 e. The van der Waals surface area contributed by atoms with Crippen LogP contribution in [0.4, 0.5) is 10.1 Å². The van der Waals surface area contributed by atoms with Crippen molar-refractivity contribution in [2.45, 2.75) is 0 Å². The maximum atomic E-state index is 12.5. The molecule has 0 aliphatic rings. The number of rotatable bonds is 0. The Morgan fingerprint density at radius 3 is 2.40 bits per heavy atom. The second-order valence-corrected chi connectivity index (χ2v) is 1.84. The first-order valence-corrected chi connectivity index (χ1v) is 2.59. The summed E-state index contributed by atoms with van der Waals surface area (Å²) in [5.41, 5.74) is 4.86. The molecule has 1 aromatic rings. The van der Waals surface area contributed by atoms with E-state index in [-0.39, 0.29) is 5.69 Å². The lowest BCUT2D eigenvalue weighted by molar-refractivity contribution is 0.380. The van der Waals surface area contributed by atoms with Gasteiger partial charge in [0.1, 0.15) is 0 Å². The van der Waals surface area contributed by atoms with Crippen molar-refractivity contribution in [2.24, 2.45) is 0 Å². The van der Waals surface area contributed by atoms with Crippen molar-refractivity contribution in [3.05, 3.63) is 17.9 Å². The van der Waals surface area contributed by atoms with E-state index in [0.29, 0.717) is 0 Å². The van der Waals surface area contributed by atoms with Gasteiger partial charge in [0.2, 0.25) is 0 Å². The molecule has 0 bridgehead atoms. The van der Waals surface area contributed by atoms with Crippen molar-refractivity contribution in [1.29, 1.82) is 0 Å². The lowest BCUT2D eigenvalue weighted by Gasteiger charge is -1.99. The fourth-order valence-corrected chi connectivity index (χ4v) is 0.570. The summed E-state index contributed by atoms with van der Waals surface area (Å²) in [6.07, 6.45) is 0. The van der Waals surface area contributed by atoms with Crippen LogP contribution in [0.3, 0.4) is 0 Å². The molecule has 0 aliphatic carbocycles. The molecule has 0 spiro atoms. The van der Waals surface area contributed by atoms with Crippen molar-refractivity contribution in [1.82, 2.24) is 0 Å². The van der Waals surface area contributed by atoms with E-state index in [1.807, 2.05) is 0 Å². The summed E-state index contributed by atoms with van der Waals surface area (Å²) in [5, 5.41) is 17.4. The highest BCUT2D eigenvalue weighted by molar-refractivity contribution is 5.52. The monoisotopic (exact) mass is 143 g/mol. The zero-order valence-electron chi connectivity index (χ0n) is 5.00. The SMILES string of the molecule is Nc1ccc(O)c(O)c1F. The van der Waals surface area contributed by atoms with Crippen LogP contribution in [0, 0.1) is 5.82 Å². The van der Waals surface area contributed by atoms with Crippen molar-refractivity contribution in [3.8, 4) is 11.5 Å². The third-order valence-corrected chi connectivity index (χ3v) is 1.12. The van der Waals surface area contributed by atoms with E-state index >= 15 is 0 Å². The van der Waals surface area contributed by atoms with Crippen molar-refractivity contribution in [3.63, 3.8) is 0 Å². The Bertz CT molecular complexity index is 235. The maximum Gasteiger partial charge on any atom is 0.196 e. The fourth-order valence-electron chi connectivity index (χ4n) is 0.570. The van der Waals surface area contributed by atoms with Crippen LogP contribution in [0.1, 0.15) is 0 Å². The molecule has 0 aromatic heterocycles. The van der Waals surface area contributed by atoms with E-state index < -0.39 is 17.3 Å². The molecule has 0 aliphatic heterocycles. The number of nitrogens with two attached hydrogens (primary N) is 1. The van der Waals surface area contributed by atoms with Crippen LogP contribution in [0.5, 0.6) is 11.5 Å². The molecule has 0 heterocycles. The van der Waals surface area contributed by atoms with Crippen molar-refractivity contribution >= 4 is 5.69 Å².